The first kappa shape index (κ1) is 13.2. The van der Waals surface area contributed by atoms with E-state index in [2.05, 4.69) is 0 Å². The van der Waals surface area contributed by atoms with E-state index in [0.29, 0.717) is 13.0 Å². The van der Waals surface area contributed by atoms with Crippen molar-refractivity contribution < 1.29 is 23.5 Å². The summed E-state index contributed by atoms with van der Waals surface area (Å²) in [6, 6.07) is 2.12. The van der Waals surface area contributed by atoms with Gasteiger partial charge in [0, 0.05) is 13.1 Å². The zero-order valence-electron chi connectivity index (χ0n) is 9.90. The predicted octanol–water partition coefficient (Wildman–Crippen LogP) is 2.54. The summed E-state index contributed by atoms with van der Waals surface area (Å²) in [5.41, 5.74) is 0.462. The van der Waals surface area contributed by atoms with Crippen LogP contribution in [0.25, 0.3) is 6.08 Å². The van der Waals surface area contributed by atoms with Crippen LogP contribution < -0.4 is 0 Å². The second-order valence-electron chi connectivity index (χ2n) is 4.27. The molecule has 1 aromatic carbocycles. The number of hydrogen-bond donors (Lipinski definition) is 1. The van der Waals surface area contributed by atoms with Crippen LogP contribution in [-0.4, -0.2) is 35.5 Å². The molecule has 6 heteroatoms. The molecule has 1 fully saturated rings. The summed E-state index contributed by atoms with van der Waals surface area (Å²) in [7, 11) is 0. The lowest BCUT2D eigenvalue weighted by Gasteiger charge is -2.08. The number of rotatable bonds is 2. The van der Waals surface area contributed by atoms with Crippen molar-refractivity contribution in [2.75, 3.05) is 13.1 Å². The Labute approximate surface area is 107 Å². The molecular weight excluding hydrogens is 256 g/mol. The number of benzene rings is 1. The summed E-state index contributed by atoms with van der Waals surface area (Å²) in [5, 5.41) is 8.79. The van der Waals surface area contributed by atoms with Crippen molar-refractivity contribution in [2.45, 2.75) is 6.42 Å². The molecule has 1 saturated heterocycles. The second-order valence-corrected chi connectivity index (χ2v) is 4.27. The first-order chi connectivity index (χ1) is 9.01. The first-order valence-corrected chi connectivity index (χ1v) is 5.63. The standard InChI is InChI=1S/C13H11F2NO3/c14-11-4-9(5-12(15)10(11)7-17)3-8-1-2-16(6-8)13(18)19/h3-5,7H,1-2,6H2,(H,18,19)/b8-3-. The Morgan fingerprint density at radius 2 is 1.95 bits per heavy atom. The molecule has 1 heterocycles. The van der Waals surface area contributed by atoms with Crippen molar-refractivity contribution in [3.63, 3.8) is 0 Å². The Hall–Kier alpha value is -2.24. The first-order valence-electron chi connectivity index (χ1n) is 5.63. The van der Waals surface area contributed by atoms with Crippen molar-refractivity contribution in [3.8, 4) is 0 Å². The number of hydrogen-bond acceptors (Lipinski definition) is 2. The molecule has 0 atom stereocenters. The van der Waals surface area contributed by atoms with Crippen LogP contribution in [0.2, 0.25) is 0 Å². The quantitative estimate of drug-likeness (QED) is 0.838. The molecule has 0 aliphatic carbocycles. The van der Waals surface area contributed by atoms with Gasteiger partial charge in [-0.1, -0.05) is 6.08 Å². The molecule has 1 amide bonds. The fourth-order valence-electron chi connectivity index (χ4n) is 2.00. The molecule has 0 saturated carbocycles. The highest BCUT2D eigenvalue weighted by atomic mass is 19.1. The Bertz CT molecular complexity index is 546. The van der Waals surface area contributed by atoms with Crippen LogP contribution in [-0.2, 0) is 0 Å². The van der Waals surface area contributed by atoms with Gasteiger partial charge >= 0.3 is 6.09 Å². The summed E-state index contributed by atoms with van der Waals surface area (Å²) in [5.74, 6) is -1.84. The number of carboxylic acid groups (broad SMARTS) is 1. The maximum atomic E-state index is 13.4. The lowest BCUT2D eigenvalue weighted by Crippen LogP contribution is -2.25. The molecular formula is C13H11F2NO3. The molecule has 0 bridgehead atoms. The number of aldehydes is 1. The van der Waals surface area contributed by atoms with E-state index < -0.39 is 23.3 Å². The molecule has 4 nitrogen and oxygen atoms in total. The summed E-state index contributed by atoms with van der Waals surface area (Å²) in [6.45, 7) is 0.604. The van der Waals surface area contributed by atoms with Crippen molar-refractivity contribution in [1.29, 1.82) is 0 Å². The average molecular weight is 267 g/mol. The third kappa shape index (κ3) is 2.78. The highest BCUT2D eigenvalue weighted by Gasteiger charge is 2.20. The minimum absolute atomic E-state index is 0.128. The lowest BCUT2D eigenvalue weighted by atomic mass is 10.1. The normalized spacial score (nSPS) is 16.9. The van der Waals surface area contributed by atoms with E-state index in [9.17, 15) is 18.4 Å². The number of likely N-dealkylation sites (tertiary alicyclic amines) is 1. The molecule has 1 aromatic rings. The Kier molecular flexibility index (Phi) is 3.59. The van der Waals surface area contributed by atoms with Gasteiger partial charge in [0.15, 0.2) is 6.29 Å². The molecule has 0 spiro atoms. The van der Waals surface area contributed by atoms with Gasteiger partial charge in [0.1, 0.15) is 11.6 Å². The fraction of sp³-hybridized carbons (Fsp3) is 0.231. The zero-order chi connectivity index (χ0) is 14.0. The summed E-state index contributed by atoms with van der Waals surface area (Å²) in [6.07, 6.45) is 1.19. The van der Waals surface area contributed by atoms with E-state index in [4.69, 9.17) is 5.11 Å². The molecule has 19 heavy (non-hydrogen) atoms. The smallest absolute Gasteiger partial charge is 0.407 e. The summed E-state index contributed by atoms with van der Waals surface area (Å²) in [4.78, 5) is 22.4. The van der Waals surface area contributed by atoms with Crippen molar-refractivity contribution in [1.82, 2.24) is 4.90 Å². The Morgan fingerprint density at radius 1 is 1.32 bits per heavy atom. The van der Waals surface area contributed by atoms with Crippen molar-refractivity contribution >= 4 is 18.5 Å². The van der Waals surface area contributed by atoms with Crippen molar-refractivity contribution in [3.05, 3.63) is 40.5 Å². The van der Waals surface area contributed by atoms with Gasteiger partial charge in [-0.05, 0) is 29.7 Å². The van der Waals surface area contributed by atoms with E-state index >= 15 is 0 Å². The lowest BCUT2D eigenvalue weighted by molar-refractivity contribution is 0.111. The van der Waals surface area contributed by atoms with E-state index in [0.717, 1.165) is 17.7 Å². The molecule has 2 rings (SSSR count). The number of carbonyl (C=O) groups is 2. The fourth-order valence-corrected chi connectivity index (χ4v) is 2.00. The molecule has 0 aromatic heterocycles. The van der Waals surface area contributed by atoms with Gasteiger partial charge in [-0.2, -0.15) is 0 Å². The zero-order valence-corrected chi connectivity index (χ0v) is 9.90. The summed E-state index contributed by atoms with van der Waals surface area (Å²) >= 11 is 0. The van der Waals surface area contributed by atoms with E-state index in [1.54, 1.807) is 6.08 Å². The van der Waals surface area contributed by atoms with Crippen LogP contribution in [0.4, 0.5) is 13.6 Å². The van der Waals surface area contributed by atoms with Crippen LogP contribution in [0.1, 0.15) is 22.3 Å². The topological polar surface area (TPSA) is 57.6 Å². The second kappa shape index (κ2) is 5.17. The van der Waals surface area contributed by atoms with Gasteiger partial charge in [-0.15, -0.1) is 0 Å². The minimum Gasteiger partial charge on any atom is -0.465 e. The van der Waals surface area contributed by atoms with Gasteiger partial charge in [-0.25, -0.2) is 13.6 Å². The largest absolute Gasteiger partial charge is 0.465 e. The monoisotopic (exact) mass is 267 g/mol. The molecule has 1 N–H and O–H groups in total. The van der Waals surface area contributed by atoms with Gasteiger partial charge in [0.2, 0.25) is 0 Å². The minimum atomic E-state index is -1.02. The number of halogens is 2. The number of amides is 1. The van der Waals surface area contributed by atoms with Gasteiger partial charge in [0.25, 0.3) is 0 Å². The van der Waals surface area contributed by atoms with Crippen LogP contribution in [0.15, 0.2) is 17.7 Å². The van der Waals surface area contributed by atoms with E-state index in [1.165, 1.54) is 4.90 Å². The SMILES string of the molecule is O=Cc1c(F)cc(/C=C2/CCN(C(=O)O)C2)cc1F. The van der Waals surface area contributed by atoms with Crippen LogP contribution in [0.5, 0.6) is 0 Å². The van der Waals surface area contributed by atoms with Gasteiger partial charge in [-0.3, -0.25) is 4.79 Å². The Balaban J connectivity index is 2.25. The van der Waals surface area contributed by atoms with Crippen LogP contribution in [0.3, 0.4) is 0 Å². The Morgan fingerprint density at radius 3 is 2.42 bits per heavy atom. The maximum absolute atomic E-state index is 13.4. The molecule has 0 radical (unpaired) electrons. The van der Waals surface area contributed by atoms with Gasteiger partial charge < -0.3 is 10.0 Å². The summed E-state index contributed by atoms with van der Waals surface area (Å²) < 4.78 is 26.8. The third-order valence-electron chi connectivity index (χ3n) is 2.96. The van der Waals surface area contributed by atoms with E-state index in [1.807, 2.05) is 0 Å². The average Bonchev–Trinajstić information content (AvgIpc) is 2.77. The maximum Gasteiger partial charge on any atom is 0.407 e. The highest BCUT2D eigenvalue weighted by molar-refractivity contribution is 5.76. The molecule has 100 valence electrons. The predicted molar refractivity (Wildman–Crippen MR) is 63.9 cm³/mol. The van der Waals surface area contributed by atoms with E-state index in [-0.39, 0.29) is 18.4 Å². The number of nitrogens with zero attached hydrogens (tertiary/aromatic N) is 1. The number of carbonyl (C=O) groups excluding carboxylic acids is 1. The molecule has 0 unspecified atom stereocenters. The van der Waals surface area contributed by atoms with Crippen LogP contribution >= 0.6 is 0 Å². The van der Waals surface area contributed by atoms with Crippen LogP contribution in [0, 0.1) is 11.6 Å². The molecule has 1 aliphatic rings. The highest BCUT2D eigenvalue weighted by Crippen LogP contribution is 2.21. The van der Waals surface area contributed by atoms with Crippen molar-refractivity contribution in [2.24, 2.45) is 0 Å². The third-order valence-corrected chi connectivity index (χ3v) is 2.96. The molecule has 1 aliphatic heterocycles. The van der Waals surface area contributed by atoms with Gasteiger partial charge in [0.05, 0.1) is 5.56 Å².